The summed E-state index contributed by atoms with van der Waals surface area (Å²) >= 11 is 0. The number of nitrogens with zero attached hydrogens (tertiary/aromatic N) is 1. The first-order chi connectivity index (χ1) is 8.65. The van der Waals surface area contributed by atoms with Crippen LogP contribution in [-0.4, -0.2) is 4.21 Å². The first kappa shape index (κ1) is 11.4. The highest BCUT2D eigenvalue weighted by atomic mass is 32.2. The average Bonchev–Trinajstić information content (AvgIpc) is 2.66. The number of rotatable bonds is 1. The third kappa shape index (κ3) is 1.82. The maximum atomic E-state index is 13.2. The predicted octanol–water partition coefficient (Wildman–Crippen LogP) is 3.18. The number of aryl methyl sites for hydroxylation is 1. The summed E-state index contributed by atoms with van der Waals surface area (Å²) in [6, 6.07) is 12.1. The quantitative estimate of drug-likeness (QED) is 0.772. The summed E-state index contributed by atoms with van der Waals surface area (Å²) in [7, 11) is -1.24. The van der Waals surface area contributed by atoms with E-state index in [1.54, 1.807) is 16.4 Å². The Morgan fingerprint density at radius 2 is 2.06 bits per heavy atom. The van der Waals surface area contributed by atoms with Crippen LogP contribution in [-0.2, 0) is 17.5 Å². The van der Waals surface area contributed by atoms with Gasteiger partial charge in [0.2, 0.25) is 0 Å². The molecule has 1 atom stereocenters. The third-order valence-corrected chi connectivity index (χ3v) is 4.53. The van der Waals surface area contributed by atoms with Crippen molar-refractivity contribution in [1.29, 1.82) is 0 Å². The molecule has 2 aromatic carbocycles. The van der Waals surface area contributed by atoms with Gasteiger partial charge in [0.05, 0.1) is 17.1 Å². The van der Waals surface area contributed by atoms with Crippen LogP contribution in [0.5, 0.6) is 0 Å². The summed E-state index contributed by atoms with van der Waals surface area (Å²) in [4.78, 5) is 0.824. The highest BCUT2D eigenvalue weighted by Crippen LogP contribution is 2.32. The van der Waals surface area contributed by atoms with E-state index in [4.69, 9.17) is 0 Å². The van der Waals surface area contributed by atoms with E-state index in [0.717, 1.165) is 16.0 Å². The van der Waals surface area contributed by atoms with Crippen molar-refractivity contribution in [3.05, 3.63) is 59.4 Å². The van der Waals surface area contributed by atoms with Gasteiger partial charge in [0.25, 0.3) is 0 Å². The molecule has 1 aliphatic heterocycles. The second-order valence-electron chi connectivity index (χ2n) is 4.38. The lowest BCUT2D eigenvalue weighted by molar-refractivity contribution is 0.627. The molecule has 2 nitrogen and oxygen atoms in total. The SMILES string of the molecule is Cc1ccc2c(c1)CN(c1cccc(F)c1)S2=O. The lowest BCUT2D eigenvalue weighted by Gasteiger charge is -2.15. The van der Waals surface area contributed by atoms with Crippen molar-refractivity contribution in [1.82, 2.24) is 0 Å². The molecule has 0 saturated carbocycles. The zero-order valence-corrected chi connectivity index (χ0v) is 10.7. The van der Waals surface area contributed by atoms with E-state index in [0.29, 0.717) is 12.2 Å². The predicted molar refractivity (Wildman–Crippen MR) is 70.2 cm³/mol. The first-order valence-corrected chi connectivity index (χ1v) is 6.80. The minimum absolute atomic E-state index is 0.309. The summed E-state index contributed by atoms with van der Waals surface area (Å²) in [5.74, 6) is -0.309. The topological polar surface area (TPSA) is 20.3 Å². The van der Waals surface area contributed by atoms with E-state index >= 15 is 0 Å². The van der Waals surface area contributed by atoms with Crippen molar-refractivity contribution >= 4 is 16.7 Å². The Bertz CT molecular complexity index is 641. The van der Waals surface area contributed by atoms with Crippen molar-refractivity contribution in [2.75, 3.05) is 4.31 Å². The van der Waals surface area contributed by atoms with Gasteiger partial charge in [-0.2, -0.15) is 0 Å². The smallest absolute Gasteiger partial charge is 0.153 e. The van der Waals surface area contributed by atoms with Crippen molar-refractivity contribution in [2.45, 2.75) is 18.4 Å². The fourth-order valence-electron chi connectivity index (χ4n) is 2.15. The van der Waals surface area contributed by atoms with Crippen LogP contribution < -0.4 is 4.31 Å². The molecule has 18 heavy (non-hydrogen) atoms. The van der Waals surface area contributed by atoms with E-state index < -0.39 is 11.0 Å². The van der Waals surface area contributed by atoms with E-state index in [-0.39, 0.29) is 5.82 Å². The van der Waals surface area contributed by atoms with Gasteiger partial charge in [-0.15, -0.1) is 0 Å². The van der Waals surface area contributed by atoms with Crippen LogP contribution in [0.15, 0.2) is 47.4 Å². The average molecular weight is 261 g/mol. The van der Waals surface area contributed by atoms with Crippen molar-refractivity contribution < 1.29 is 8.60 Å². The number of halogens is 1. The molecule has 0 N–H and O–H groups in total. The Kier molecular flexibility index (Phi) is 2.67. The minimum Gasteiger partial charge on any atom is -0.283 e. The summed E-state index contributed by atoms with van der Waals surface area (Å²) in [6.07, 6.45) is 0. The lowest BCUT2D eigenvalue weighted by atomic mass is 10.1. The zero-order valence-electron chi connectivity index (χ0n) is 9.89. The molecule has 3 rings (SSSR count). The van der Waals surface area contributed by atoms with Crippen LogP contribution in [0, 0.1) is 12.7 Å². The first-order valence-electron chi connectivity index (χ1n) is 5.70. The van der Waals surface area contributed by atoms with E-state index in [2.05, 4.69) is 0 Å². The fraction of sp³-hybridized carbons (Fsp3) is 0.143. The van der Waals surface area contributed by atoms with Gasteiger partial charge in [0.1, 0.15) is 5.82 Å². The molecule has 4 heteroatoms. The van der Waals surface area contributed by atoms with Crippen molar-refractivity contribution in [3.63, 3.8) is 0 Å². The molecule has 0 spiro atoms. The van der Waals surface area contributed by atoms with Crippen LogP contribution >= 0.6 is 0 Å². The molecular formula is C14H12FNOS. The molecule has 0 bridgehead atoms. The number of fused-ring (bicyclic) bond motifs is 1. The number of hydrogen-bond acceptors (Lipinski definition) is 1. The van der Waals surface area contributed by atoms with E-state index in [1.807, 2.05) is 25.1 Å². The summed E-state index contributed by atoms with van der Waals surface area (Å²) in [5, 5.41) is 0. The van der Waals surface area contributed by atoms with Gasteiger partial charge in [-0.25, -0.2) is 8.60 Å². The van der Waals surface area contributed by atoms with Crippen molar-refractivity contribution in [3.8, 4) is 0 Å². The molecule has 0 saturated heterocycles. The number of hydrogen-bond donors (Lipinski definition) is 0. The monoisotopic (exact) mass is 261 g/mol. The molecule has 0 aliphatic carbocycles. The Morgan fingerprint density at radius 1 is 1.22 bits per heavy atom. The van der Waals surface area contributed by atoms with Gasteiger partial charge in [-0.3, -0.25) is 4.31 Å². The molecule has 92 valence electrons. The maximum Gasteiger partial charge on any atom is 0.153 e. The molecule has 0 amide bonds. The Labute approximate surface area is 108 Å². The van der Waals surface area contributed by atoms with Crippen LogP contribution in [0.25, 0.3) is 0 Å². The number of anilines is 1. The molecule has 0 fully saturated rings. The number of benzene rings is 2. The van der Waals surface area contributed by atoms with Crippen LogP contribution in [0.2, 0.25) is 0 Å². The molecule has 1 heterocycles. The van der Waals surface area contributed by atoms with E-state index in [9.17, 15) is 8.60 Å². The molecule has 0 radical (unpaired) electrons. The largest absolute Gasteiger partial charge is 0.283 e. The molecule has 0 aromatic heterocycles. The van der Waals surface area contributed by atoms with Crippen LogP contribution in [0.4, 0.5) is 10.1 Å². The Morgan fingerprint density at radius 3 is 2.83 bits per heavy atom. The van der Waals surface area contributed by atoms with Crippen LogP contribution in [0.3, 0.4) is 0 Å². The standard InChI is InChI=1S/C14H12FNOS/c1-10-5-6-14-11(7-10)9-16(18(14)17)13-4-2-3-12(15)8-13/h2-8H,9H2,1H3. The highest BCUT2D eigenvalue weighted by Gasteiger charge is 2.27. The zero-order chi connectivity index (χ0) is 12.7. The molecule has 1 aliphatic rings. The Balaban J connectivity index is 2.02. The van der Waals surface area contributed by atoms with E-state index in [1.165, 1.54) is 12.1 Å². The molecule has 2 aromatic rings. The minimum atomic E-state index is -1.24. The summed E-state index contributed by atoms with van der Waals surface area (Å²) in [5.41, 5.74) is 2.85. The second kappa shape index (κ2) is 4.21. The van der Waals surface area contributed by atoms with Crippen molar-refractivity contribution in [2.24, 2.45) is 0 Å². The highest BCUT2D eigenvalue weighted by molar-refractivity contribution is 7.86. The maximum absolute atomic E-state index is 13.2. The van der Waals surface area contributed by atoms with Gasteiger partial charge < -0.3 is 0 Å². The fourth-order valence-corrected chi connectivity index (χ4v) is 3.48. The summed E-state index contributed by atoms with van der Waals surface area (Å²) < 4.78 is 27.3. The third-order valence-electron chi connectivity index (χ3n) is 3.01. The lowest BCUT2D eigenvalue weighted by Crippen LogP contribution is -2.17. The normalized spacial score (nSPS) is 17.9. The van der Waals surface area contributed by atoms with Gasteiger partial charge in [0.15, 0.2) is 11.0 Å². The summed E-state index contributed by atoms with van der Waals surface area (Å²) in [6.45, 7) is 2.57. The molecule has 1 unspecified atom stereocenters. The Hall–Kier alpha value is -1.68. The van der Waals surface area contributed by atoms with Crippen LogP contribution in [0.1, 0.15) is 11.1 Å². The van der Waals surface area contributed by atoms with Gasteiger partial charge >= 0.3 is 0 Å². The van der Waals surface area contributed by atoms with Gasteiger partial charge in [-0.05, 0) is 36.8 Å². The second-order valence-corrected chi connectivity index (χ2v) is 5.76. The van der Waals surface area contributed by atoms with Gasteiger partial charge in [0, 0.05) is 0 Å². The van der Waals surface area contributed by atoms with Gasteiger partial charge in [-0.1, -0.05) is 23.8 Å². The molecular weight excluding hydrogens is 249 g/mol.